The highest BCUT2D eigenvalue weighted by Crippen LogP contribution is 2.11. The van der Waals surface area contributed by atoms with Crippen LogP contribution in [0.25, 0.3) is 0 Å². The zero-order valence-electron chi connectivity index (χ0n) is 27.9. The van der Waals surface area contributed by atoms with Crippen LogP contribution in [0.15, 0.2) is 48.6 Å². The Labute approximate surface area is 270 Å². The van der Waals surface area contributed by atoms with Crippen LogP contribution in [0.5, 0.6) is 0 Å². The van der Waals surface area contributed by atoms with E-state index in [2.05, 4.69) is 55.6 Å². The van der Waals surface area contributed by atoms with Crippen LogP contribution in [-0.2, 0) is 14.9 Å². The summed E-state index contributed by atoms with van der Waals surface area (Å²) in [6, 6.07) is -1.26. The van der Waals surface area contributed by atoms with Gasteiger partial charge in [0.15, 0.2) is 0 Å². The molecule has 0 aromatic heterocycles. The molecule has 1 amide bonds. The lowest BCUT2D eigenvalue weighted by atomic mass is 10.1. The lowest BCUT2D eigenvalue weighted by molar-refractivity contribution is -0.130. The summed E-state index contributed by atoms with van der Waals surface area (Å²) in [6.07, 6.45) is 36.0. The second-order valence-electron chi connectivity index (χ2n) is 11.9. The van der Waals surface area contributed by atoms with Crippen molar-refractivity contribution in [1.82, 2.24) is 5.32 Å². The van der Waals surface area contributed by atoms with Crippen molar-refractivity contribution in [3.05, 3.63) is 48.6 Å². The normalized spacial score (nSPS) is 14.8. The number of unbranched alkanes of at least 4 members (excludes halogenated alkanes) is 15. The van der Waals surface area contributed by atoms with Gasteiger partial charge in [-0.25, -0.2) is 0 Å². The van der Waals surface area contributed by atoms with Crippen molar-refractivity contribution in [2.45, 2.75) is 167 Å². The molecule has 0 aliphatic heterocycles. The number of carbonyl (C=O) groups is 1. The third kappa shape index (κ3) is 29.0. The highest BCUT2D eigenvalue weighted by Gasteiger charge is 2.27. The minimum Gasteiger partial charge on any atom is -0.387 e. The SMILES string of the molecule is CCCC/C=C/CC/C=C/CC/C=C/C(O)C(CS(=O)(=O)O)NC(=O)C(O)CCCCCC/C=C\CCCCCCCCC. The maximum absolute atomic E-state index is 12.5. The van der Waals surface area contributed by atoms with Gasteiger partial charge in [0.05, 0.1) is 17.9 Å². The standard InChI is InChI=1S/C36H65NO6S/c1-3-5-7-9-11-13-15-17-18-19-21-23-25-27-29-31-35(39)36(40)37-33(32-44(41,42)43)34(38)30-28-26-24-22-20-16-14-12-10-8-6-4-2/h10,12,18-20,22,28,30,33-35,38-39H,3-9,11,13-17,21,23-27,29,31-32H2,1-2H3,(H,37,40)(H,41,42,43)/b12-10+,19-18-,22-20+,30-28+. The van der Waals surface area contributed by atoms with Crippen LogP contribution in [0.3, 0.4) is 0 Å². The Morgan fingerprint density at radius 1 is 0.614 bits per heavy atom. The summed E-state index contributed by atoms with van der Waals surface area (Å²) in [7, 11) is -4.45. The summed E-state index contributed by atoms with van der Waals surface area (Å²) < 4.78 is 32.3. The van der Waals surface area contributed by atoms with Gasteiger partial charge < -0.3 is 15.5 Å². The lowest BCUT2D eigenvalue weighted by Gasteiger charge is -2.22. The smallest absolute Gasteiger partial charge is 0.267 e. The predicted octanol–water partition coefficient (Wildman–Crippen LogP) is 8.54. The Hall–Kier alpha value is -1.74. The van der Waals surface area contributed by atoms with E-state index in [9.17, 15) is 28.0 Å². The second kappa shape index (κ2) is 29.9. The molecule has 4 N–H and O–H groups in total. The first-order valence-corrected chi connectivity index (χ1v) is 19.1. The van der Waals surface area contributed by atoms with E-state index in [0.29, 0.717) is 12.8 Å². The Morgan fingerprint density at radius 2 is 1.05 bits per heavy atom. The van der Waals surface area contributed by atoms with Crippen molar-refractivity contribution < 1.29 is 28.0 Å². The Kier molecular flexibility index (Phi) is 28.8. The quantitative estimate of drug-likeness (QED) is 0.0355. The minimum absolute atomic E-state index is 0.255. The maximum Gasteiger partial charge on any atom is 0.267 e. The van der Waals surface area contributed by atoms with Gasteiger partial charge in [-0.05, 0) is 64.2 Å². The average Bonchev–Trinajstić information content (AvgIpc) is 2.98. The van der Waals surface area contributed by atoms with E-state index in [0.717, 1.165) is 57.8 Å². The van der Waals surface area contributed by atoms with Crippen molar-refractivity contribution in [2.75, 3.05) is 5.75 Å². The fraction of sp³-hybridized carbons (Fsp3) is 0.750. The predicted molar refractivity (Wildman–Crippen MR) is 185 cm³/mol. The first kappa shape index (κ1) is 42.3. The van der Waals surface area contributed by atoms with Crippen molar-refractivity contribution in [2.24, 2.45) is 0 Å². The molecule has 3 atom stereocenters. The molecular weight excluding hydrogens is 574 g/mol. The molecule has 0 aliphatic carbocycles. The molecule has 44 heavy (non-hydrogen) atoms. The molecule has 0 radical (unpaired) electrons. The molecule has 7 nitrogen and oxygen atoms in total. The molecule has 0 spiro atoms. The van der Waals surface area contributed by atoms with Crippen molar-refractivity contribution >= 4 is 16.0 Å². The monoisotopic (exact) mass is 639 g/mol. The first-order valence-electron chi connectivity index (χ1n) is 17.4. The molecule has 0 saturated carbocycles. The van der Waals surface area contributed by atoms with E-state index in [-0.39, 0.29) is 6.42 Å². The number of rotatable bonds is 30. The molecule has 0 fully saturated rings. The number of amides is 1. The summed E-state index contributed by atoms with van der Waals surface area (Å²) >= 11 is 0. The number of hydrogen-bond acceptors (Lipinski definition) is 5. The van der Waals surface area contributed by atoms with Crippen molar-refractivity contribution in [3.63, 3.8) is 0 Å². The van der Waals surface area contributed by atoms with Crippen molar-refractivity contribution in [3.8, 4) is 0 Å². The molecule has 0 saturated heterocycles. The van der Waals surface area contributed by atoms with Gasteiger partial charge in [0.25, 0.3) is 10.1 Å². The van der Waals surface area contributed by atoms with E-state index >= 15 is 0 Å². The zero-order valence-corrected chi connectivity index (χ0v) is 28.7. The van der Waals surface area contributed by atoms with Gasteiger partial charge >= 0.3 is 0 Å². The van der Waals surface area contributed by atoms with Crippen LogP contribution in [0.4, 0.5) is 0 Å². The Bertz CT molecular complexity index is 896. The Balaban J connectivity index is 4.24. The van der Waals surface area contributed by atoms with Gasteiger partial charge in [-0.2, -0.15) is 8.42 Å². The molecule has 0 aromatic carbocycles. The van der Waals surface area contributed by atoms with E-state index in [1.807, 2.05) is 0 Å². The van der Waals surface area contributed by atoms with Crippen LogP contribution in [0.1, 0.15) is 149 Å². The van der Waals surface area contributed by atoms with E-state index in [1.165, 1.54) is 63.9 Å². The third-order valence-corrected chi connectivity index (χ3v) is 8.34. The summed E-state index contributed by atoms with van der Waals surface area (Å²) in [5.74, 6) is -1.58. The van der Waals surface area contributed by atoms with Gasteiger partial charge in [-0.1, -0.05) is 133 Å². The van der Waals surface area contributed by atoms with Crippen LogP contribution < -0.4 is 5.32 Å². The number of aliphatic hydroxyl groups is 2. The number of aliphatic hydroxyl groups excluding tert-OH is 2. The van der Waals surface area contributed by atoms with Gasteiger partial charge in [0, 0.05) is 0 Å². The summed E-state index contributed by atoms with van der Waals surface area (Å²) in [5.41, 5.74) is 0. The molecule has 0 aromatic rings. The largest absolute Gasteiger partial charge is 0.387 e. The number of allylic oxidation sites excluding steroid dienone is 7. The Morgan fingerprint density at radius 3 is 1.57 bits per heavy atom. The molecule has 3 unspecified atom stereocenters. The van der Waals surface area contributed by atoms with Gasteiger partial charge in [-0.15, -0.1) is 0 Å². The van der Waals surface area contributed by atoms with Crippen LogP contribution in [0.2, 0.25) is 0 Å². The second-order valence-corrected chi connectivity index (χ2v) is 13.4. The van der Waals surface area contributed by atoms with Gasteiger partial charge in [0.2, 0.25) is 5.91 Å². The molecule has 0 heterocycles. The molecule has 0 aliphatic rings. The summed E-state index contributed by atoms with van der Waals surface area (Å²) in [6.45, 7) is 4.42. The summed E-state index contributed by atoms with van der Waals surface area (Å²) in [4.78, 5) is 12.5. The molecule has 0 bridgehead atoms. The average molecular weight is 640 g/mol. The zero-order chi connectivity index (χ0) is 32.7. The highest BCUT2D eigenvalue weighted by atomic mass is 32.2. The van der Waals surface area contributed by atoms with Crippen LogP contribution in [0, 0.1) is 0 Å². The van der Waals surface area contributed by atoms with Crippen LogP contribution >= 0.6 is 0 Å². The number of nitrogens with one attached hydrogen (secondary N) is 1. The molecule has 256 valence electrons. The highest BCUT2D eigenvalue weighted by molar-refractivity contribution is 7.85. The first-order chi connectivity index (χ1) is 21.2. The number of hydrogen-bond donors (Lipinski definition) is 4. The topological polar surface area (TPSA) is 124 Å². The molecule has 8 heteroatoms. The van der Waals surface area contributed by atoms with E-state index in [4.69, 9.17) is 0 Å². The van der Waals surface area contributed by atoms with E-state index in [1.54, 1.807) is 6.08 Å². The van der Waals surface area contributed by atoms with E-state index < -0.39 is 40.0 Å². The fourth-order valence-electron chi connectivity index (χ4n) is 4.82. The molecular formula is C36H65NO6S. The van der Waals surface area contributed by atoms with Gasteiger partial charge in [0.1, 0.15) is 6.10 Å². The fourth-order valence-corrected chi connectivity index (χ4v) is 5.55. The molecule has 0 rings (SSSR count). The summed E-state index contributed by atoms with van der Waals surface area (Å²) in [5, 5.41) is 23.2. The third-order valence-electron chi connectivity index (χ3n) is 7.56. The number of carbonyl (C=O) groups excluding carboxylic acids is 1. The lowest BCUT2D eigenvalue weighted by Crippen LogP contribution is -2.50. The maximum atomic E-state index is 12.5. The van der Waals surface area contributed by atoms with Crippen molar-refractivity contribution in [1.29, 1.82) is 0 Å². The minimum atomic E-state index is -4.45. The van der Waals surface area contributed by atoms with Gasteiger partial charge in [-0.3, -0.25) is 9.35 Å². The van der Waals surface area contributed by atoms with Crippen LogP contribution in [-0.4, -0.2) is 53.1 Å².